The zero-order valence-electron chi connectivity index (χ0n) is 11.2. The molecule has 22 heavy (non-hydrogen) atoms. The van der Waals surface area contributed by atoms with Crippen LogP contribution in [0.4, 0.5) is 13.9 Å². The van der Waals surface area contributed by atoms with Crippen LogP contribution in [-0.2, 0) is 7.05 Å². The number of halogens is 3. The topological polar surface area (TPSA) is 59.8 Å². The lowest BCUT2D eigenvalue weighted by atomic mass is 10.2. The first-order valence-corrected chi connectivity index (χ1v) is 7.32. The fraction of sp³-hybridized carbons (Fsp3) is 0.154. The molecule has 114 valence electrons. The average Bonchev–Trinajstić information content (AvgIpc) is 3.01. The largest absolute Gasteiger partial charge is 0.298 e. The Balaban J connectivity index is 1.90. The molecule has 0 fully saturated rings. The van der Waals surface area contributed by atoms with Gasteiger partial charge in [0, 0.05) is 12.1 Å². The van der Waals surface area contributed by atoms with Crippen molar-refractivity contribution in [2.45, 2.75) is 6.43 Å². The second kappa shape index (κ2) is 5.62. The van der Waals surface area contributed by atoms with E-state index in [1.807, 2.05) is 0 Å². The van der Waals surface area contributed by atoms with Crippen molar-refractivity contribution in [3.8, 4) is 0 Å². The molecule has 1 N–H and O–H groups in total. The molecule has 3 aromatic rings. The number of anilines is 1. The molecule has 0 aliphatic carbocycles. The van der Waals surface area contributed by atoms with Crippen LogP contribution in [0, 0.1) is 0 Å². The van der Waals surface area contributed by atoms with Gasteiger partial charge in [0.15, 0.2) is 5.13 Å². The molecule has 0 aliphatic rings. The Hall–Kier alpha value is -2.06. The molecule has 0 saturated carbocycles. The van der Waals surface area contributed by atoms with Gasteiger partial charge in [0.1, 0.15) is 5.69 Å². The third-order valence-corrected chi connectivity index (χ3v) is 4.18. The number of hydrogen-bond acceptors (Lipinski definition) is 4. The van der Waals surface area contributed by atoms with Gasteiger partial charge in [-0.25, -0.2) is 13.8 Å². The Bertz CT molecular complexity index is 861. The summed E-state index contributed by atoms with van der Waals surface area (Å²) in [4.78, 5) is 16.4. The van der Waals surface area contributed by atoms with E-state index in [9.17, 15) is 13.6 Å². The fourth-order valence-corrected chi connectivity index (χ4v) is 3.13. The van der Waals surface area contributed by atoms with E-state index in [0.717, 1.165) is 15.6 Å². The SMILES string of the molecule is Cn1ncc(C(=O)Nc2nc3ccc(Cl)cc3s2)c1C(F)F. The number of aromatic nitrogens is 3. The summed E-state index contributed by atoms with van der Waals surface area (Å²) in [6.45, 7) is 0. The molecule has 2 heterocycles. The molecule has 1 aromatic carbocycles. The van der Waals surface area contributed by atoms with Crippen molar-refractivity contribution in [2.75, 3.05) is 5.32 Å². The van der Waals surface area contributed by atoms with Crippen LogP contribution in [0.3, 0.4) is 0 Å². The van der Waals surface area contributed by atoms with Gasteiger partial charge in [-0.1, -0.05) is 22.9 Å². The van der Waals surface area contributed by atoms with Crippen LogP contribution in [-0.4, -0.2) is 20.7 Å². The lowest BCUT2D eigenvalue weighted by Gasteiger charge is -2.04. The van der Waals surface area contributed by atoms with Crippen LogP contribution in [0.25, 0.3) is 10.2 Å². The highest BCUT2D eigenvalue weighted by atomic mass is 35.5. The number of nitrogens with zero attached hydrogens (tertiary/aromatic N) is 3. The summed E-state index contributed by atoms with van der Waals surface area (Å²) >= 11 is 7.10. The third-order valence-electron chi connectivity index (χ3n) is 3.01. The minimum Gasteiger partial charge on any atom is -0.298 e. The molecule has 0 bridgehead atoms. The maximum atomic E-state index is 13.0. The van der Waals surface area contributed by atoms with Gasteiger partial charge >= 0.3 is 0 Å². The van der Waals surface area contributed by atoms with E-state index in [1.54, 1.807) is 18.2 Å². The standard InChI is InChI=1S/C13H9ClF2N4OS/c1-20-10(11(15)16)7(5-17-20)12(21)19-13-18-8-3-2-6(14)4-9(8)22-13/h2-5,11H,1H3,(H,18,19,21). The zero-order valence-corrected chi connectivity index (χ0v) is 12.8. The monoisotopic (exact) mass is 342 g/mol. The van der Waals surface area contributed by atoms with Crippen LogP contribution in [0.5, 0.6) is 0 Å². The van der Waals surface area contributed by atoms with E-state index in [2.05, 4.69) is 15.4 Å². The van der Waals surface area contributed by atoms with E-state index in [1.165, 1.54) is 18.4 Å². The Kier molecular flexibility index (Phi) is 3.79. The van der Waals surface area contributed by atoms with Gasteiger partial charge in [0.25, 0.3) is 12.3 Å². The van der Waals surface area contributed by atoms with Crippen molar-refractivity contribution in [3.05, 3.63) is 40.7 Å². The van der Waals surface area contributed by atoms with Gasteiger partial charge in [0.2, 0.25) is 0 Å². The normalized spacial score (nSPS) is 11.3. The van der Waals surface area contributed by atoms with Crippen molar-refractivity contribution < 1.29 is 13.6 Å². The lowest BCUT2D eigenvalue weighted by molar-refractivity contribution is 0.100. The van der Waals surface area contributed by atoms with Crippen molar-refractivity contribution >= 4 is 44.2 Å². The fourth-order valence-electron chi connectivity index (χ4n) is 2.00. The summed E-state index contributed by atoms with van der Waals surface area (Å²) in [6, 6.07) is 5.13. The van der Waals surface area contributed by atoms with Gasteiger partial charge in [0.05, 0.1) is 22.0 Å². The number of hydrogen-bond donors (Lipinski definition) is 1. The smallest absolute Gasteiger partial charge is 0.280 e. The molecule has 0 aliphatic heterocycles. The number of carbonyl (C=O) groups is 1. The van der Waals surface area contributed by atoms with Crippen LogP contribution in [0.2, 0.25) is 5.02 Å². The molecule has 9 heteroatoms. The molecule has 0 atom stereocenters. The quantitative estimate of drug-likeness (QED) is 0.786. The number of aryl methyl sites for hydroxylation is 1. The van der Waals surface area contributed by atoms with E-state index in [-0.39, 0.29) is 5.56 Å². The molecule has 0 radical (unpaired) electrons. The Labute approximate surface area is 132 Å². The van der Waals surface area contributed by atoms with E-state index < -0.39 is 18.0 Å². The molecule has 0 unspecified atom stereocenters. The van der Waals surface area contributed by atoms with Gasteiger partial charge in [-0.05, 0) is 18.2 Å². The van der Waals surface area contributed by atoms with E-state index in [0.29, 0.717) is 15.7 Å². The molecule has 0 spiro atoms. The van der Waals surface area contributed by atoms with Crippen LogP contribution >= 0.6 is 22.9 Å². The number of amides is 1. The molecule has 5 nitrogen and oxygen atoms in total. The summed E-state index contributed by atoms with van der Waals surface area (Å²) in [5.41, 5.74) is 0.0708. The van der Waals surface area contributed by atoms with Crippen LogP contribution in [0.1, 0.15) is 22.5 Å². The molecular weight excluding hydrogens is 334 g/mol. The summed E-state index contributed by atoms with van der Waals surface area (Å²) < 4.78 is 27.7. The van der Waals surface area contributed by atoms with Crippen molar-refractivity contribution in [1.29, 1.82) is 0 Å². The van der Waals surface area contributed by atoms with Crippen LogP contribution in [0.15, 0.2) is 24.4 Å². The predicted octanol–water partition coefficient (Wildman–Crippen LogP) is 3.87. The van der Waals surface area contributed by atoms with Crippen molar-refractivity contribution in [1.82, 2.24) is 14.8 Å². The number of carbonyl (C=O) groups excluding carboxylic acids is 1. The first kappa shape index (κ1) is 14.9. The number of rotatable bonds is 3. The van der Waals surface area contributed by atoms with E-state index in [4.69, 9.17) is 11.6 Å². The number of nitrogens with one attached hydrogen (secondary N) is 1. The predicted molar refractivity (Wildman–Crippen MR) is 80.7 cm³/mol. The molecule has 0 saturated heterocycles. The van der Waals surface area contributed by atoms with Gasteiger partial charge in [-0.15, -0.1) is 0 Å². The first-order chi connectivity index (χ1) is 10.5. The van der Waals surface area contributed by atoms with Crippen molar-refractivity contribution in [3.63, 3.8) is 0 Å². The zero-order chi connectivity index (χ0) is 15.9. The average molecular weight is 343 g/mol. The second-order valence-corrected chi connectivity index (χ2v) is 5.92. The Morgan fingerprint density at radius 3 is 2.95 bits per heavy atom. The number of benzene rings is 1. The maximum absolute atomic E-state index is 13.0. The Morgan fingerprint density at radius 1 is 1.45 bits per heavy atom. The minimum absolute atomic E-state index is 0.171. The third kappa shape index (κ3) is 2.67. The highest BCUT2D eigenvalue weighted by Gasteiger charge is 2.23. The second-order valence-electron chi connectivity index (χ2n) is 4.45. The highest BCUT2D eigenvalue weighted by molar-refractivity contribution is 7.22. The van der Waals surface area contributed by atoms with Gasteiger partial charge in [-0.3, -0.25) is 14.8 Å². The highest BCUT2D eigenvalue weighted by Crippen LogP contribution is 2.29. The molecular formula is C13H9ClF2N4OS. The molecule has 1 amide bonds. The number of thiazole rings is 1. The summed E-state index contributed by atoms with van der Waals surface area (Å²) in [7, 11) is 1.36. The van der Waals surface area contributed by atoms with Crippen LogP contribution < -0.4 is 5.32 Å². The lowest BCUT2D eigenvalue weighted by Crippen LogP contribution is -2.14. The minimum atomic E-state index is -2.79. The van der Waals surface area contributed by atoms with Crippen molar-refractivity contribution in [2.24, 2.45) is 7.05 Å². The Morgan fingerprint density at radius 2 is 2.23 bits per heavy atom. The van der Waals surface area contributed by atoms with Gasteiger partial charge < -0.3 is 0 Å². The summed E-state index contributed by atoms with van der Waals surface area (Å²) in [5, 5.41) is 7.08. The summed E-state index contributed by atoms with van der Waals surface area (Å²) in [5.74, 6) is -0.673. The van der Waals surface area contributed by atoms with E-state index >= 15 is 0 Å². The first-order valence-electron chi connectivity index (χ1n) is 6.13. The maximum Gasteiger partial charge on any atom is 0.280 e. The summed E-state index contributed by atoms with van der Waals surface area (Å²) in [6.07, 6.45) is -1.68. The number of alkyl halides is 2. The molecule has 2 aromatic heterocycles. The number of fused-ring (bicyclic) bond motifs is 1. The molecule has 3 rings (SSSR count). The van der Waals surface area contributed by atoms with Gasteiger partial charge in [-0.2, -0.15) is 5.10 Å².